The van der Waals surface area contributed by atoms with Crippen LogP contribution in [0.4, 0.5) is 11.5 Å². The van der Waals surface area contributed by atoms with E-state index in [1.54, 1.807) is 6.20 Å². The Morgan fingerprint density at radius 1 is 1.53 bits per heavy atom. The van der Waals surface area contributed by atoms with E-state index in [0.29, 0.717) is 5.92 Å². The van der Waals surface area contributed by atoms with Crippen LogP contribution >= 0.6 is 0 Å². The van der Waals surface area contributed by atoms with Crippen molar-refractivity contribution in [3.8, 4) is 0 Å². The third-order valence-electron chi connectivity index (χ3n) is 3.15. The third kappa shape index (κ3) is 4.09. The van der Waals surface area contributed by atoms with Crippen molar-refractivity contribution in [2.45, 2.75) is 32.6 Å². The predicted molar refractivity (Wildman–Crippen MR) is 80.8 cm³/mol. The fourth-order valence-electron chi connectivity index (χ4n) is 1.90. The number of allylic oxidation sites excluding steroid dienone is 2. The lowest BCUT2D eigenvalue weighted by atomic mass is 10.1. The molecule has 2 rings (SSSR count). The van der Waals surface area contributed by atoms with Crippen molar-refractivity contribution in [3.63, 3.8) is 0 Å². The highest BCUT2D eigenvalue weighted by Gasteiger charge is 2.26. The van der Waals surface area contributed by atoms with Crippen LogP contribution in [0.15, 0.2) is 35.1 Å². The van der Waals surface area contributed by atoms with E-state index in [1.807, 2.05) is 25.3 Å². The molecule has 0 aliphatic heterocycles. The zero-order valence-electron chi connectivity index (χ0n) is 11.7. The summed E-state index contributed by atoms with van der Waals surface area (Å²) < 4.78 is 0. The van der Waals surface area contributed by atoms with E-state index < -0.39 is 0 Å². The van der Waals surface area contributed by atoms with Crippen LogP contribution in [0, 0.1) is 5.92 Å². The number of aromatic nitrogens is 1. The van der Waals surface area contributed by atoms with Gasteiger partial charge in [-0.3, -0.25) is 0 Å². The highest BCUT2D eigenvalue weighted by molar-refractivity contribution is 6.00. The topological polar surface area (TPSA) is 63.3 Å². The molecule has 4 nitrogen and oxygen atoms in total. The molecule has 1 aromatic rings. The maximum atomic E-state index is 6.00. The van der Waals surface area contributed by atoms with Crippen LogP contribution in [0.2, 0.25) is 0 Å². The molecule has 0 radical (unpaired) electrons. The number of hydrogen-bond donors (Lipinski definition) is 2. The Hall–Kier alpha value is -1.84. The number of aliphatic imine (C=N–C) groups is 1. The Morgan fingerprint density at radius 2 is 2.32 bits per heavy atom. The van der Waals surface area contributed by atoms with Crippen LogP contribution in [-0.4, -0.2) is 17.7 Å². The van der Waals surface area contributed by atoms with Crippen molar-refractivity contribution in [2.24, 2.45) is 16.6 Å². The minimum atomic E-state index is 0.571. The molecule has 102 valence electrons. The Morgan fingerprint density at radius 3 is 2.84 bits per heavy atom. The number of rotatable bonds is 6. The van der Waals surface area contributed by atoms with Gasteiger partial charge in [0.25, 0.3) is 0 Å². The zero-order chi connectivity index (χ0) is 13.7. The van der Waals surface area contributed by atoms with Crippen molar-refractivity contribution >= 4 is 17.2 Å². The molecule has 0 bridgehead atoms. The molecule has 1 fully saturated rings. The lowest BCUT2D eigenvalue weighted by Crippen LogP contribution is -2.04. The quantitative estimate of drug-likeness (QED) is 0.770. The number of nitrogens with one attached hydrogen (secondary N) is 1. The van der Waals surface area contributed by atoms with Gasteiger partial charge in [-0.25, -0.2) is 9.98 Å². The number of nitrogens with zero attached hydrogens (tertiary/aromatic N) is 2. The summed E-state index contributed by atoms with van der Waals surface area (Å²) in [5.74, 6) is 1.32. The fraction of sp³-hybridized carbons (Fsp3) is 0.467. The van der Waals surface area contributed by atoms with E-state index in [-0.39, 0.29) is 0 Å². The van der Waals surface area contributed by atoms with Crippen LogP contribution in [0.1, 0.15) is 32.6 Å². The summed E-state index contributed by atoms with van der Waals surface area (Å²) in [5.41, 5.74) is 8.99. The molecule has 1 aromatic heterocycles. The summed E-state index contributed by atoms with van der Waals surface area (Å²) in [6, 6.07) is 3.91. The zero-order valence-corrected chi connectivity index (χ0v) is 11.7. The molecular weight excluding hydrogens is 236 g/mol. The summed E-state index contributed by atoms with van der Waals surface area (Å²) in [4.78, 5) is 8.97. The fourth-order valence-corrected chi connectivity index (χ4v) is 1.90. The van der Waals surface area contributed by atoms with Gasteiger partial charge in [-0.05, 0) is 37.5 Å². The molecule has 19 heavy (non-hydrogen) atoms. The van der Waals surface area contributed by atoms with Crippen molar-refractivity contribution in [1.82, 2.24) is 4.98 Å². The minimum absolute atomic E-state index is 0.571. The van der Waals surface area contributed by atoms with E-state index >= 15 is 0 Å². The van der Waals surface area contributed by atoms with Crippen LogP contribution in [-0.2, 0) is 0 Å². The van der Waals surface area contributed by atoms with E-state index in [1.165, 1.54) is 12.8 Å². The summed E-state index contributed by atoms with van der Waals surface area (Å²) in [7, 11) is 1.88. The Balaban J connectivity index is 2.17. The first-order valence-electron chi connectivity index (χ1n) is 6.91. The van der Waals surface area contributed by atoms with Crippen molar-refractivity contribution in [1.29, 1.82) is 0 Å². The Labute approximate surface area is 114 Å². The molecule has 1 heterocycles. The second-order valence-corrected chi connectivity index (χ2v) is 4.94. The van der Waals surface area contributed by atoms with Crippen LogP contribution in [0.5, 0.6) is 0 Å². The van der Waals surface area contributed by atoms with Crippen LogP contribution in [0.3, 0.4) is 0 Å². The molecule has 1 saturated carbocycles. The molecule has 0 spiro atoms. The van der Waals surface area contributed by atoms with Gasteiger partial charge in [0.15, 0.2) is 5.82 Å². The number of nitrogens with two attached hydrogens (primary N) is 1. The minimum Gasteiger partial charge on any atom is -0.402 e. The SMILES string of the molecule is CCCC(N)=CC(=Nc1ccc(NC)cn1)C1CC1. The van der Waals surface area contributed by atoms with Crippen molar-refractivity contribution in [2.75, 3.05) is 12.4 Å². The first-order chi connectivity index (χ1) is 9.22. The average molecular weight is 258 g/mol. The molecule has 0 unspecified atom stereocenters. The molecule has 4 heteroatoms. The second kappa shape index (κ2) is 6.36. The third-order valence-corrected chi connectivity index (χ3v) is 3.15. The van der Waals surface area contributed by atoms with Gasteiger partial charge in [-0.15, -0.1) is 0 Å². The second-order valence-electron chi connectivity index (χ2n) is 4.94. The molecule has 1 aliphatic rings. The standard InChI is InChI=1S/C15H22N4/c1-3-4-12(16)9-14(11-5-6-11)19-15-8-7-13(17-2)10-18-15/h7-11,17H,3-6,16H2,1-2H3. The van der Waals surface area contributed by atoms with Gasteiger partial charge in [-0.2, -0.15) is 0 Å². The summed E-state index contributed by atoms with van der Waals surface area (Å²) in [6.45, 7) is 2.13. The van der Waals surface area contributed by atoms with Gasteiger partial charge >= 0.3 is 0 Å². The molecule has 0 amide bonds. The molecule has 0 saturated heterocycles. The van der Waals surface area contributed by atoms with Crippen molar-refractivity contribution < 1.29 is 0 Å². The lowest BCUT2D eigenvalue weighted by molar-refractivity contribution is 0.893. The van der Waals surface area contributed by atoms with Crippen LogP contribution < -0.4 is 11.1 Å². The molecule has 1 aliphatic carbocycles. The van der Waals surface area contributed by atoms with Gasteiger partial charge < -0.3 is 11.1 Å². The predicted octanol–water partition coefficient (Wildman–Crippen LogP) is 3.25. The van der Waals surface area contributed by atoms with Gasteiger partial charge in [0, 0.05) is 24.4 Å². The molecular formula is C15H22N4. The van der Waals surface area contributed by atoms with Gasteiger partial charge in [0.05, 0.1) is 11.9 Å². The monoisotopic (exact) mass is 258 g/mol. The lowest BCUT2D eigenvalue weighted by Gasteiger charge is -2.03. The van der Waals surface area contributed by atoms with Crippen molar-refractivity contribution in [3.05, 3.63) is 30.1 Å². The van der Waals surface area contributed by atoms with Gasteiger partial charge in [0.2, 0.25) is 0 Å². The summed E-state index contributed by atoms with van der Waals surface area (Å²) >= 11 is 0. The highest BCUT2D eigenvalue weighted by atomic mass is 14.9. The Bertz CT molecular complexity index is 469. The van der Waals surface area contributed by atoms with Gasteiger partial charge in [0.1, 0.15) is 0 Å². The largest absolute Gasteiger partial charge is 0.402 e. The van der Waals surface area contributed by atoms with E-state index in [9.17, 15) is 0 Å². The summed E-state index contributed by atoms with van der Waals surface area (Å²) in [6.07, 6.45) is 8.25. The maximum absolute atomic E-state index is 6.00. The number of pyridine rings is 1. The van der Waals surface area contributed by atoms with E-state index in [2.05, 4.69) is 22.2 Å². The first-order valence-corrected chi connectivity index (χ1v) is 6.91. The highest BCUT2D eigenvalue weighted by Crippen LogP contribution is 2.32. The summed E-state index contributed by atoms with van der Waals surface area (Å²) in [5, 5.41) is 3.05. The van der Waals surface area contributed by atoms with Crippen LogP contribution in [0.25, 0.3) is 0 Å². The molecule has 0 aromatic carbocycles. The van der Waals surface area contributed by atoms with E-state index in [4.69, 9.17) is 5.73 Å². The van der Waals surface area contributed by atoms with Gasteiger partial charge in [-0.1, -0.05) is 13.3 Å². The number of anilines is 1. The smallest absolute Gasteiger partial charge is 0.152 e. The average Bonchev–Trinajstić information content (AvgIpc) is 3.23. The normalized spacial score (nSPS) is 16.5. The first kappa shape index (κ1) is 13.6. The molecule has 3 N–H and O–H groups in total. The number of hydrogen-bond acceptors (Lipinski definition) is 4. The molecule has 0 atom stereocenters. The van der Waals surface area contributed by atoms with E-state index in [0.717, 1.165) is 35.8 Å². The Kier molecular flexibility index (Phi) is 4.55. The maximum Gasteiger partial charge on any atom is 0.152 e.